The molecule has 0 radical (unpaired) electrons. The minimum absolute atomic E-state index is 0.141. The van der Waals surface area contributed by atoms with Crippen LogP contribution in [0.15, 0.2) is 18.2 Å². The van der Waals surface area contributed by atoms with E-state index in [1.54, 1.807) is 14.2 Å². The summed E-state index contributed by atoms with van der Waals surface area (Å²) >= 11 is 0. The third kappa shape index (κ3) is 10.1. The van der Waals surface area contributed by atoms with Crippen molar-refractivity contribution in [3.63, 3.8) is 0 Å². The number of carbonyl (C=O) groups is 2. The number of methoxy groups -OCH3 is 2. The van der Waals surface area contributed by atoms with Gasteiger partial charge in [0.25, 0.3) is 0 Å². The fourth-order valence-corrected chi connectivity index (χ4v) is 1.67. The molecule has 8 heteroatoms. The number of rotatable bonds is 7. The van der Waals surface area contributed by atoms with Crippen LogP contribution in [-0.4, -0.2) is 55.1 Å². The van der Waals surface area contributed by atoms with Gasteiger partial charge < -0.3 is 29.7 Å². The van der Waals surface area contributed by atoms with Gasteiger partial charge in [0, 0.05) is 5.54 Å². The normalized spacial score (nSPS) is 10.3. The van der Waals surface area contributed by atoms with Crippen LogP contribution in [0.3, 0.4) is 0 Å². The fraction of sp³-hybridized carbons (Fsp3) is 0.529. The van der Waals surface area contributed by atoms with Crippen molar-refractivity contribution in [2.75, 3.05) is 27.4 Å². The molecular formula is C17H27NO7. The van der Waals surface area contributed by atoms with Crippen molar-refractivity contribution < 1.29 is 34.0 Å². The number of carboxylic acids is 2. The number of ether oxygens (including phenoxy) is 3. The maximum atomic E-state index is 9.10. The molecule has 1 rings (SSSR count). The summed E-state index contributed by atoms with van der Waals surface area (Å²) in [5.74, 6) is -1.58. The van der Waals surface area contributed by atoms with Crippen LogP contribution in [0, 0.1) is 0 Å². The van der Waals surface area contributed by atoms with Crippen LogP contribution >= 0.6 is 0 Å². The van der Waals surface area contributed by atoms with E-state index in [4.69, 9.17) is 34.0 Å². The van der Waals surface area contributed by atoms with Crippen molar-refractivity contribution in [2.45, 2.75) is 32.7 Å². The highest BCUT2D eigenvalue weighted by Crippen LogP contribution is 2.36. The molecule has 1 aromatic rings. The molecule has 0 aliphatic rings. The standard InChI is InChI=1S/C15H25NO3.C2H2O4/c1-15(2,3)16-10-7-11-19-14-12(17-4)8-6-9-13(14)18-5;3-1(4)2(5)6/h6,8-9,16H,7,10-11H2,1-5H3;(H,3,4)(H,5,6). The summed E-state index contributed by atoms with van der Waals surface area (Å²) in [5.41, 5.74) is 0.141. The summed E-state index contributed by atoms with van der Waals surface area (Å²) in [6, 6.07) is 5.61. The van der Waals surface area contributed by atoms with E-state index in [2.05, 4.69) is 26.1 Å². The van der Waals surface area contributed by atoms with E-state index in [9.17, 15) is 0 Å². The first-order valence-electron chi connectivity index (χ1n) is 7.67. The molecule has 0 saturated carbocycles. The molecule has 1 aromatic carbocycles. The van der Waals surface area contributed by atoms with Crippen LogP contribution in [0.1, 0.15) is 27.2 Å². The highest BCUT2D eigenvalue weighted by Gasteiger charge is 2.11. The Labute approximate surface area is 147 Å². The highest BCUT2D eigenvalue weighted by atomic mass is 16.5. The van der Waals surface area contributed by atoms with Gasteiger partial charge in [-0.3, -0.25) is 0 Å². The van der Waals surface area contributed by atoms with Gasteiger partial charge in [0.15, 0.2) is 11.5 Å². The van der Waals surface area contributed by atoms with E-state index >= 15 is 0 Å². The van der Waals surface area contributed by atoms with Gasteiger partial charge in [0.05, 0.1) is 20.8 Å². The lowest BCUT2D eigenvalue weighted by Crippen LogP contribution is -2.36. The lowest BCUT2D eigenvalue weighted by atomic mass is 10.1. The molecule has 0 amide bonds. The number of benzene rings is 1. The molecule has 0 heterocycles. The SMILES string of the molecule is COc1cccc(OC)c1OCCCNC(C)(C)C.O=C(O)C(=O)O. The molecular weight excluding hydrogens is 330 g/mol. The first-order valence-corrected chi connectivity index (χ1v) is 7.67. The molecule has 8 nitrogen and oxygen atoms in total. The van der Waals surface area contributed by atoms with Gasteiger partial charge in [-0.15, -0.1) is 0 Å². The van der Waals surface area contributed by atoms with Crippen molar-refractivity contribution in [2.24, 2.45) is 0 Å². The summed E-state index contributed by atoms with van der Waals surface area (Å²) < 4.78 is 16.3. The third-order valence-electron chi connectivity index (χ3n) is 2.79. The van der Waals surface area contributed by atoms with Gasteiger partial charge in [0.2, 0.25) is 5.75 Å². The van der Waals surface area contributed by atoms with Crippen LogP contribution in [0.2, 0.25) is 0 Å². The molecule has 0 unspecified atom stereocenters. The molecule has 3 N–H and O–H groups in total. The monoisotopic (exact) mass is 357 g/mol. The van der Waals surface area contributed by atoms with E-state index in [0.717, 1.165) is 13.0 Å². The average Bonchev–Trinajstić information content (AvgIpc) is 2.53. The maximum Gasteiger partial charge on any atom is 0.414 e. The lowest BCUT2D eigenvalue weighted by Gasteiger charge is -2.20. The van der Waals surface area contributed by atoms with Gasteiger partial charge in [-0.2, -0.15) is 0 Å². The van der Waals surface area contributed by atoms with Crippen molar-refractivity contribution >= 4 is 11.9 Å². The highest BCUT2D eigenvalue weighted by molar-refractivity contribution is 6.27. The summed E-state index contributed by atoms with van der Waals surface area (Å²) in [6.07, 6.45) is 0.929. The summed E-state index contributed by atoms with van der Waals surface area (Å²) in [7, 11) is 3.26. The lowest BCUT2D eigenvalue weighted by molar-refractivity contribution is -0.159. The Balaban J connectivity index is 0.000000823. The fourth-order valence-electron chi connectivity index (χ4n) is 1.67. The summed E-state index contributed by atoms with van der Waals surface area (Å²) in [5, 5.41) is 18.2. The second kappa shape index (κ2) is 11.1. The van der Waals surface area contributed by atoms with Crippen LogP contribution in [0.4, 0.5) is 0 Å². The van der Waals surface area contributed by atoms with Crippen molar-refractivity contribution in [1.29, 1.82) is 0 Å². The Morgan fingerprint density at radius 2 is 1.52 bits per heavy atom. The average molecular weight is 357 g/mol. The number of carboxylic acid groups (broad SMARTS) is 2. The minimum Gasteiger partial charge on any atom is -0.493 e. The molecule has 142 valence electrons. The first kappa shape index (κ1) is 22.5. The molecule has 25 heavy (non-hydrogen) atoms. The second-order valence-corrected chi connectivity index (χ2v) is 5.98. The zero-order valence-corrected chi connectivity index (χ0v) is 15.3. The smallest absolute Gasteiger partial charge is 0.414 e. The second-order valence-electron chi connectivity index (χ2n) is 5.98. The van der Waals surface area contributed by atoms with Gasteiger partial charge in [-0.1, -0.05) is 6.07 Å². The molecule has 0 aliphatic heterocycles. The predicted octanol–water partition coefficient (Wildman–Crippen LogP) is 2.02. The predicted molar refractivity (Wildman–Crippen MR) is 92.7 cm³/mol. The third-order valence-corrected chi connectivity index (χ3v) is 2.79. The van der Waals surface area contributed by atoms with E-state index in [1.165, 1.54) is 0 Å². The van der Waals surface area contributed by atoms with Crippen LogP contribution < -0.4 is 19.5 Å². The Morgan fingerprint density at radius 3 is 1.88 bits per heavy atom. The minimum atomic E-state index is -1.82. The van der Waals surface area contributed by atoms with Gasteiger partial charge in [-0.05, 0) is 45.9 Å². The largest absolute Gasteiger partial charge is 0.493 e. The Hall–Kier alpha value is -2.48. The Kier molecular flexibility index (Phi) is 10.0. The molecule has 0 bridgehead atoms. The van der Waals surface area contributed by atoms with E-state index in [0.29, 0.717) is 23.9 Å². The number of hydrogen-bond acceptors (Lipinski definition) is 6. The molecule has 0 aliphatic carbocycles. The topological polar surface area (TPSA) is 114 Å². The van der Waals surface area contributed by atoms with Crippen molar-refractivity contribution in [3.05, 3.63) is 18.2 Å². The Bertz CT molecular complexity index is 518. The molecule has 0 spiro atoms. The van der Waals surface area contributed by atoms with E-state index in [-0.39, 0.29) is 5.54 Å². The molecule has 0 fully saturated rings. The van der Waals surface area contributed by atoms with Crippen LogP contribution in [0.5, 0.6) is 17.2 Å². The maximum absolute atomic E-state index is 9.10. The number of nitrogens with one attached hydrogen (secondary N) is 1. The molecule has 0 atom stereocenters. The summed E-state index contributed by atoms with van der Waals surface area (Å²) in [6.45, 7) is 7.99. The zero-order valence-electron chi connectivity index (χ0n) is 15.3. The van der Waals surface area contributed by atoms with Gasteiger partial charge in [0.1, 0.15) is 0 Å². The van der Waals surface area contributed by atoms with Crippen LogP contribution in [0.25, 0.3) is 0 Å². The van der Waals surface area contributed by atoms with E-state index < -0.39 is 11.9 Å². The molecule has 0 aromatic heterocycles. The summed E-state index contributed by atoms with van der Waals surface area (Å²) in [4.78, 5) is 18.2. The number of aliphatic carboxylic acids is 2. The quantitative estimate of drug-likeness (QED) is 0.501. The van der Waals surface area contributed by atoms with Crippen molar-refractivity contribution in [1.82, 2.24) is 5.32 Å². The molecule has 0 saturated heterocycles. The first-order chi connectivity index (χ1) is 11.6. The number of hydrogen-bond donors (Lipinski definition) is 3. The Morgan fingerprint density at radius 1 is 1.04 bits per heavy atom. The van der Waals surface area contributed by atoms with Crippen LogP contribution in [-0.2, 0) is 9.59 Å². The van der Waals surface area contributed by atoms with Gasteiger partial charge in [-0.25, -0.2) is 9.59 Å². The van der Waals surface area contributed by atoms with E-state index in [1.807, 2.05) is 18.2 Å². The zero-order chi connectivity index (χ0) is 19.5. The van der Waals surface area contributed by atoms with Gasteiger partial charge >= 0.3 is 11.9 Å². The number of para-hydroxylation sites is 1. The van der Waals surface area contributed by atoms with Crippen molar-refractivity contribution in [3.8, 4) is 17.2 Å².